The monoisotopic (exact) mass is 350 g/mol. The maximum absolute atomic E-state index is 12.9. The summed E-state index contributed by atoms with van der Waals surface area (Å²) in [6, 6.07) is 16.7. The molecule has 0 aliphatic carbocycles. The number of piperidine rings is 1. The fourth-order valence-corrected chi connectivity index (χ4v) is 3.86. The van der Waals surface area contributed by atoms with Gasteiger partial charge < -0.3 is 14.5 Å². The molecule has 2 amide bonds. The van der Waals surface area contributed by atoms with Crippen LogP contribution in [0.15, 0.2) is 54.6 Å². The van der Waals surface area contributed by atoms with Crippen molar-refractivity contribution in [3.05, 3.63) is 60.2 Å². The Hall–Kier alpha value is -2.82. The highest BCUT2D eigenvalue weighted by atomic mass is 16.5. The average Bonchev–Trinajstić information content (AvgIpc) is 3.10. The summed E-state index contributed by atoms with van der Waals surface area (Å²) in [5.74, 6) is 1.73. The molecule has 0 spiro atoms. The molecule has 134 valence electrons. The molecule has 2 fully saturated rings. The molecule has 5 nitrogen and oxygen atoms in total. The second-order valence-corrected chi connectivity index (χ2v) is 7.07. The first-order chi connectivity index (χ1) is 12.6. The molecule has 2 saturated heterocycles. The van der Waals surface area contributed by atoms with Crippen molar-refractivity contribution in [1.29, 1.82) is 0 Å². The SMILES string of the molecule is CN1CC[C@@H]2CN(C(=O)c3cccc(Oc4ccccc4)c3)C[C@@H]2C1=O. The van der Waals surface area contributed by atoms with Crippen LogP contribution in [0.3, 0.4) is 0 Å². The van der Waals surface area contributed by atoms with Gasteiger partial charge in [-0.1, -0.05) is 24.3 Å². The Labute approximate surface area is 153 Å². The summed E-state index contributed by atoms with van der Waals surface area (Å²) in [7, 11) is 1.84. The van der Waals surface area contributed by atoms with Gasteiger partial charge in [0.2, 0.25) is 5.91 Å². The van der Waals surface area contributed by atoms with Crippen LogP contribution in [0.25, 0.3) is 0 Å². The summed E-state index contributed by atoms with van der Waals surface area (Å²) in [5.41, 5.74) is 0.595. The Kier molecular flexibility index (Phi) is 4.37. The van der Waals surface area contributed by atoms with Crippen molar-refractivity contribution >= 4 is 11.8 Å². The number of carbonyl (C=O) groups excluding carboxylic acids is 2. The predicted octanol–water partition coefficient (Wildman–Crippen LogP) is 3.03. The lowest BCUT2D eigenvalue weighted by Crippen LogP contribution is -2.42. The number of nitrogens with zero attached hydrogens (tertiary/aromatic N) is 2. The maximum atomic E-state index is 12.9. The fraction of sp³-hybridized carbons (Fsp3) is 0.333. The number of carbonyl (C=O) groups is 2. The molecule has 2 aromatic carbocycles. The first-order valence-electron chi connectivity index (χ1n) is 8.99. The molecule has 0 saturated carbocycles. The van der Waals surface area contributed by atoms with Gasteiger partial charge in [0.1, 0.15) is 11.5 Å². The Morgan fingerprint density at radius 1 is 1.04 bits per heavy atom. The third-order valence-electron chi connectivity index (χ3n) is 5.32. The van der Waals surface area contributed by atoms with Crippen molar-refractivity contribution in [3.8, 4) is 11.5 Å². The second-order valence-electron chi connectivity index (χ2n) is 7.07. The molecule has 0 aromatic heterocycles. The number of ether oxygens (including phenoxy) is 1. The number of hydrogen-bond donors (Lipinski definition) is 0. The zero-order valence-electron chi connectivity index (χ0n) is 14.8. The van der Waals surface area contributed by atoms with E-state index in [-0.39, 0.29) is 23.7 Å². The Morgan fingerprint density at radius 3 is 2.62 bits per heavy atom. The molecule has 4 rings (SSSR count). The van der Waals surface area contributed by atoms with Crippen LogP contribution in [0.1, 0.15) is 16.8 Å². The summed E-state index contributed by atoms with van der Waals surface area (Å²) < 4.78 is 5.83. The number of para-hydroxylation sites is 1. The minimum atomic E-state index is -0.0542. The van der Waals surface area contributed by atoms with E-state index in [1.165, 1.54) is 0 Å². The van der Waals surface area contributed by atoms with E-state index in [4.69, 9.17) is 4.74 Å². The zero-order valence-corrected chi connectivity index (χ0v) is 14.8. The quantitative estimate of drug-likeness (QED) is 0.855. The van der Waals surface area contributed by atoms with Gasteiger partial charge in [-0.3, -0.25) is 9.59 Å². The van der Waals surface area contributed by atoms with Crippen molar-refractivity contribution in [3.63, 3.8) is 0 Å². The van der Waals surface area contributed by atoms with Crippen LogP contribution in [-0.4, -0.2) is 48.3 Å². The van der Waals surface area contributed by atoms with Crippen molar-refractivity contribution < 1.29 is 14.3 Å². The molecule has 2 aliphatic heterocycles. The standard InChI is InChI=1S/C21H22N2O3/c1-22-11-10-16-13-23(14-19(16)21(22)25)20(24)15-6-5-9-18(12-15)26-17-7-3-2-4-8-17/h2-9,12,16,19H,10-11,13-14H2,1H3/t16-,19+/m1/s1. The molecule has 2 aromatic rings. The van der Waals surface area contributed by atoms with E-state index in [1.807, 2.05) is 54.4 Å². The van der Waals surface area contributed by atoms with Gasteiger partial charge in [-0.05, 0) is 42.7 Å². The fourth-order valence-electron chi connectivity index (χ4n) is 3.86. The van der Waals surface area contributed by atoms with E-state index >= 15 is 0 Å². The molecule has 2 aliphatic rings. The second kappa shape index (κ2) is 6.83. The minimum absolute atomic E-state index is 0.0339. The van der Waals surface area contributed by atoms with Crippen molar-refractivity contribution in [2.75, 3.05) is 26.7 Å². The van der Waals surface area contributed by atoms with Gasteiger partial charge in [-0.2, -0.15) is 0 Å². The van der Waals surface area contributed by atoms with Gasteiger partial charge in [-0.25, -0.2) is 0 Å². The van der Waals surface area contributed by atoms with E-state index in [1.54, 1.807) is 17.0 Å². The van der Waals surface area contributed by atoms with Crippen LogP contribution < -0.4 is 4.74 Å². The number of benzene rings is 2. The lowest BCUT2D eigenvalue weighted by molar-refractivity contribution is -0.137. The highest BCUT2D eigenvalue weighted by Gasteiger charge is 2.43. The van der Waals surface area contributed by atoms with Crippen molar-refractivity contribution in [1.82, 2.24) is 9.80 Å². The van der Waals surface area contributed by atoms with Crippen molar-refractivity contribution in [2.24, 2.45) is 11.8 Å². The summed E-state index contributed by atoms with van der Waals surface area (Å²) in [6.07, 6.45) is 0.966. The molecule has 0 bridgehead atoms. The average molecular weight is 350 g/mol. The number of amides is 2. The highest BCUT2D eigenvalue weighted by Crippen LogP contribution is 2.32. The van der Waals surface area contributed by atoms with Crippen LogP contribution >= 0.6 is 0 Å². The maximum Gasteiger partial charge on any atom is 0.254 e. The Morgan fingerprint density at radius 2 is 1.81 bits per heavy atom. The molecular weight excluding hydrogens is 328 g/mol. The first kappa shape index (κ1) is 16.6. The smallest absolute Gasteiger partial charge is 0.254 e. The molecule has 2 atom stereocenters. The van der Waals surface area contributed by atoms with Crippen LogP contribution in [0.4, 0.5) is 0 Å². The highest BCUT2D eigenvalue weighted by molar-refractivity contribution is 5.95. The topological polar surface area (TPSA) is 49.9 Å². The van der Waals surface area contributed by atoms with E-state index in [0.717, 1.165) is 18.7 Å². The summed E-state index contributed by atoms with van der Waals surface area (Å²) in [6.45, 7) is 1.95. The first-order valence-corrected chi connectivity index (χ1v) is 8.99. The third kappa shape index (κ3) is 3.17. The molecule has 5 heteroatoms. The number of hydrogen-bond acceptors (Lipinski definition) is 3. The van der Waals surface area contributed by atoms with Gasteiger partial charge in [0.25, 0.3) is 5.91 Å². The van der Waals surface area contributed by atoms with Gasteiger partial charge in [0.15, 0.2) is 0 Å². The molecule has 0 N–H and O–H groups in total. The number of rotatable bonds is 3. The predicted molar refractivity (Wildman–Crippen MR) is 98.1 cm³/mol. The van der Waals surface area contributed by atoms with E-state index < -0.39 is 0 Å². The molecule has 26 heavy (non-hydrogen) atoms. The van der Waals surface area contributed by atoms with E-state index in [9.17, 15) is 9.59 Å². The van der Waals surface area contributed by atoms with Gasteiger partial charge in [0.05, 0.1) is 5.92 Å². The zero-order chi connectivity index (χ0) is 18.1. The summed E-state index contributed by atoms with van der Waals surface area (Å²) in [5, 5.41) is 0. The molecule has 2 heterocycles. The molecule has 0 unspecified atom stereocenters. The summed E-state index contributed by atoms with van der Waals surface area (Å²) >= 11 is 0. The van der Waals surface area contributed by atoms with Gasteiger partial charge in [-0.15, -0.1) is 0 Å². The van der Waals surface area contributed by atoms with Gasteiger partial charge >= 0.3 is 0 Å². The minimum Gasteiger partial charge on any atom is -0.457 e. The Bertz CT molecular complexity index is 821. The number of fused-ring (bicyclic) bond motifs is 1. The van der Waals surface area contributed by atoms with Crippen LogP contribution in [0.2, 0.25) is 0 Å². The lowest BCUT2D eigenvalue weighted by atomic mass is 9.88. The largest absolute Gasteiger partial charge is 0.457 e. The van der Waals surface area contributed by atoms with E-state index in [2.05, 4.69) is 0 Å². The molecular formula is C21H22N2O3. The van der Waals surface area contributed by atoms with Crippen LogP contribution in [0.5, 0.6) is 11.5 Å². The molecule has 0 radical (unpaired) electrons. The normalized spacial score (nSPS) is 22.3. The van der Waals surface area contributed by atoms with Gasteiger partial charge in [0, 0.05) is 32.2 Å². The van der Waals surface area contributed by atoms with Crippen LogP contribution in [0, 0.1) is 11.8 Å². The Balaban J connectivity index is 1.49. The van der Waals surface area contributed by atoms with Crippen LogP contribution in [-0.2, 0) is 4.79 Å². The summed E-state index contributed by atoms with van der Waals surface area (Å²) in [4.78, 5) is 28.9. The van der Waals surface area contributed by atoms with Crippen molar-refractivity contribution in [2.45, 2.75) is 6.42 Å². The van der Waals surface area contributed by atoms with E-state index in [0.29, 0.717) is 24.4 Å². The third-order valence-corrected chi connectivity index (χ3v) is 5.32. The lowest BCUT2D eigenvalue weighted by Gasteiger charge is -2.30. The number of likely N-dealkylation sites (tertiary alicyclic amines) is 2.